The Bertz CT molecular complexity index is 437. The second kappa shape index (κ2) is 6.30. The molecule has 0 spiro atoms. The van der Waals surface area contributed by atoms with E-state index in [4.69, 9.17) is 5.73 Å². The minimum absolute atomic E-state index is 0. The van der Waals surface area contributed by atoms with Gasteiger partial charge in [0.05, 0.1) is 6.54 Å². The molecule has 0 saturated carbocycles. The predicted molar refractivity (Wildman–Crippen MR) is 89.7 cm³/mol. The fourth-order valence-electron chi connectivity index (χ4n) is 2.54. The lowest BCUT2D eigenvalue weighted by atomic mass is 9.80. The Balaban J connectivity index is 0.00000200. The van der Waals surface area contributed by atoms with Gasteiger partial charge in [-0.25, -0.2) is 4.98 Å². The SMILES string of the molecule is CC(C)(C)c1cnc(CN2CCC(N)C(C)(C)C2)s1.Cl. The van der Waals surface area contributed by atoms with Gasteiger partial charge >= 0.3 is 0 Å². The Morgan fingerprint density at radius 1 is 1.45 bits per heavy atom. The Morgan fingerprint density at radius 2 is 2.10 bits per heavy atom. The summed E-state index contributed by atoms with van der Waals surface area (Å²) in [5.74, 6) is 0. The van der Waals surface area contributed by atoms with Crippen LogP contribution < -0.4 is 5.73 Å². The van der Waals surface area contributed by atoms with Gasteiger partial charge in [-0.1, -0.05) is 34.6 Å². The van der Waals surface area contributed by atoms with E-state index >= 15 is 0 Å². The molecule has 1 aromatic heterocycles. The third kappa shape index (κ3) is 4.17. The maximum atomic E-state index is 6.19. The van der Waals surface area contributed by atoms with E-state index < -0.39 is 0 Å². The van der Waals surface area contributed by atoms with Crippen LogP contribution in [-0.4, -0.2) is 29.0 Å². The molecular weight excluding hydrogens is 290 g/mol. The second-order valence-electron chi connectivity index (χ2n) is 7.46. The highest BCUT2D eigenvalue weighted by molar-refractivity contribution is 7.11. The van der Waals surface area contributed by atoms with Crippen molar-refractivity contribution < 1.29 is 0 Å². The van der Waals surface area contributed by atoms with Crippen molar-refractivity contribution >= 4 is 23.7 Å². The van der Waals surface area contributed by atoms with E-state index in [0.717, 1.165) is 26.1 Å². The molecule has 0 aliphatic carbocycles. The number of hydrogen-bond acceptors (Lipinski definition) is 4. The lowest BCUT2D eigenvalue weighted by Crippen LogP contribution is -2.52. The van der Waals surface area contributed by atoms with E-state index in [1.54, 1.807) is 0 Å². The first-order valence-corrected chi connectivity index (χ1v) is 7.93. The molecule has 1 atom stereocenters. The first-order chi connectivity index (χ1) is 8.68. The van der Waals surface area contributed by atoms with E-state index in [2.05, 4.69) is 44.5 Å². The van der Waals surface area contributed by atoms with E-state index in [9.17, 15) is 0 Å². The van der Waals surface area contributed by atoms with Crippen LogP contribution in [0, 0.1) is 5.41 Å². The van der Waals surface area contributed by atoms with Crippen LogP contribution in [0.3, 0.4) is 0 Å². The molecular formula is C15H28ClN3S. The van der Waals surface area contributed by atoms with Crippen molar-refractivity contribution in [1.29, 1.82) is 0 Å². The largest absolute Gasteiger partial charge is 0.327 e. The van der Waals surface area contributed by atoms with Crippen molar-refractivity contribution in [3.8, 4) is 0 Å². The summed E-state index contributed by atoms with van der Waals surface area (Å²) in [4.78, 5) is 8.45. The van der Waals surface area contributed by atoms with Gasteiger partial charge < -0.3 is 5.73 Å². The van der Waals surface area contributed by atoms with Gasteiger partial charge in [-0.3, -0.25) is 4.90 Å². The molecule has 1 aliphatic rings. The minimum atomic E-state index is 0. The fraction of sp³-hybridized carbons (Fsp3) is 0.800. The van der Waals surface area contributed by atoms with Crippen molar-refractivity contribution in [1.82, 2.24) is 9.88 Å². The average Bonchev–Trinajstić information content (AvgIpc) is 2.71. The number of thiazole rings is 1. The molecule has 1 fully saturated rings. The van der Waals surface area contributed by atoms with Crippen molar-refractivity contribution in [2.75, 3.05) is 13.1 Å². The Labute approximate surface area is 133 Å². The number of likely N-dealkylation sites (tertiary alicyclic amines) is 1. The molecule has 1 aliphatic heterocycles. The van der Waals surface area contributed by atoms with E-state index in [1.807, 2.05) is 17.5 Å². The zero-order valence-electron chi connectivity index (χ0n) is 13.3. The number of nitrogens with zero attached hydrogens (tertiary/aromatic N) is 2. The van der Waals surface area contributed by atoms with Crippen LogP contribution in [0.2, 0.25) is 0 Å². The molecule has 20 heavy (non-hydrogen) atoms. The van der Waals surface area contributed by atoms with Gasteiger partial charge in [0.2, 0.25) is 0 Å². The van der Waals surface area contributed by atoms with Crippen molar-refractivity contribution in [3.05, 3.63) is 16.1 Å². The van der Waals surface area contributed by atoms with Crippen LogP contribution in [0.15, 0.2) is 6.20 Å². The van der Waals surface area contributed by atoms with Gasteiger partial charge in [-0.05, 0) is 17.3 Å². The van der Waals surface area contributed by atoms with Gasteiger partial charge in [0.1, 0.15) is 5.01 Å². The maximum absolute atomic E-state index is 6.19. The highest BCUT2D eigenvalue weighted by atomic mass is 35.5. The molecule has 1 saturated heterocycles. The number of rotatable bonds is 2. The molecule has 3 nitrogen and oxygen atoms in total. The van der Waals surface area contributed by atoms with Gasteiger partial charge in [0.25, 0.3) is 0 Å². The number of aromatic nitrogens is 1. The zero-order valence-corrected chi connectivity index (χ0v) is 14.9. The molecule has 1 aromatic rings. The van der Waals surface area contributed by atoms with E-state index in [0.29, 0.717) is 6.04 Å². The summed E-state index contributed by atoms with van der Waals surface area (Å²) in [6.07, 6.45) is 3.13. The molecule has 0 amide bonds. The van der Waals surface area contributed by atoms with Gasteiger partial charge in [-0.15, -0.1) is 23.7 Å². The van der Waals surface area contributed by atoms with Gasteiger partial charge in [0.15, 0.2) is 0 Å². The predicted octanol–water partition coefficient (Wildman–Crippen LogP) is 3.42. The normalized spacial score (nSPS) is 23.4. The van der Waals surface area contributed by atoms with E-state index in [-0.39, 0.29) is 23.2 Å². The summed E-state index contributed by atoms with van der Waals surface area (Å²) in [6, 6.07) is 0.324. The molecule has 2 N–H and O–H groups in total. The summed E-state index contributed by atoms with van der Waals surface area (Å²) in [7, 11) is 0. The number of nitrogens with two attached hydrogens (primary N) is 1. The quantitative estimate of drug-likeness (QED) is 0.908. The Morgan fingerprint density at radius 3 is 2.60 bits per heavy atom. The number of hydrogen-bond donors (Lipinski definition) is 1. The molecule has 2 rings (SSSR count). The van der Waals surface area contributed by atoms with E-state index in [1.165, 1.54) is 9.88 Å². The first kappa shape index (κ1) is 17.9. The summed E-state index contributed by atoms with van der Waals surface area (Å²) in [6.45, 7) is 14.4. The van der Waals surface area contributed by atoms with Crippen LogP contribution in [-0.2, 0) is 12.0 Å². The molecule has 0 radical (unpaired) electrons. The van der Waals surface area contributed by atoms with Crippen LogP contribution in [0.1, 0.15) is 50.9 Å². The maximum Gasteiger partial charge on any atom is 0.107 e. The summed E-state index contributed by atoms with van der Waals surface area (Å²) < 4.78 is 0. The fourth-order valence-corrected chi connectivity index (χ4v) is 3.56. The summed E-state index contributed by atoms with van der Waals surface area (Å²) in [5.41, 5.74) is 6.61. The van der Waals surface area contributed by atoms with Gasteiger partial charge in [0, 0.05) is 30.2 Å². The zero-order chi connectivity index (χ0) is 14.3. The van der Waals surface area contributed by atoms with Crippen LogP contribution in [0.5, 0.6) is 0 Å². The summed E-state index contributed by atoms with van der Waals surface area (Å²) in [5, 5.41) is 1.23. The molecule has 116 valence electrons. The minimum Gasteiger partial charge on any atom is -0.327 e. The van der Waals surface area contributed by atoms with Crippen molar-refractivity contribution in [3.63, 3.8) is 0 Å². The molecule has 2 heterocycles. The second-order valence-corrected chi connectivity index (χ2v) is 8.58. The van der Waals surface area contributed by atoms with Crippen LogP contribution in [0.4, 0.5) is 0 Å². The monoisotopic (exact) mass is 317 g/mol. The standard InChI is InChI=1S/C15H27N3S.ClH/c1-14(2,3)12-8-17-13(19-12)9-18-7-6-11(16)15(4,5)10-18;/h8,11H,6-7,9-10,16H2,1-5H3;1H. The summed E-state index contributed by atoms with van der Waals surface area (Å²) >= 11 is 1.85. The third-order valence-corrected chi connectivity index (χ3v) is 5.45. The first-order valence-electron chi connectivity index (χ1n) is 7.11. The smallest absolute Gasteiger partial charge is 0.107 e. The van der Waals surface area contributed by atoms with Crippen molar-refractivity contribution in [2.45, 2.75) is 59.0 Å². The topological polar surface area (TPSA) is 42.2 Å². The van der Waals surface area contributed by atoms with Crippen LogP contribution >= 0.6 is 23.7 Å². The lowest BCUT2D eigenvalue weighted by Gasteiger charge is -2.42. The molecule has 0 aromatic carbocycles. The average molecular weight is 318 g/mol. The molecule has 5 heteroatoms. The van der Waals surface area contributed by atoms with Gasteiger partial charge in [-0.2, -0.15) is 0 Å². The van der Waals surface area contributed by atoms with Crippen molar-refractivity contribution in [2.24, 2.45) is 11.1 Å². The highest BCUT2D eigenvalue weighted by Crippen LogP contribution is 2.31. The number of piperidine rings is 1. The molecule has 0 bridgehead atoms. The highest BCUT2D eigenvalue weighted by Gasteiger charge is 2.33. The van der Waals surface area contributed by atoms with Crippen LogP contribution in [0.25, 0.3) is 0 Å². The third-order valence-electron chi connectivity index (χ3n) is 4.04. The number of halogens is 1. The lowest BCUT2D eigenvalue weighted by molar-refractivity contribution is 0.0898. The Hall–Kier alpha value is -0.160. The molecule has 1 unspecified atom stereocenters. The Kier molecular flexibility index (Phi) is 5.64.